The van der Waals surface area contributed by atoms with Gasteiger partial charge in [0.2, 0.25) is 0 Å². The van der Waals surface area contributed by atoms with Crippen molar-refractivity contribution in [2.75, 3.05) is 34.8 Å². The van der Waals surface area contributed by atoms with Gasteiger partial charge in [-0.05, 0) is 41.3 Å². The fourth-order valence-corrected chi connectivity index (χ4v) is 3.88. The van der Waals surface area contributed by atoms with Gasteiger partial charge in [-0.15, -0.1) is 24.0 Å². The minimum absolute atomic E-state index is 0. The van der Waals surface area contributed by atoms with Crippen LogP contribution in [-0.2, 0) is 6.54 Å². The van der Waals surface area contributed by atoms with Gasteiger partial charge in [0.1, 0.15) is 0 Å². The lowest BCUT2D eigenvalue weighted by molar-refractivity contribution is 0.858. The van der Waals surface area contributed by atoms with Crippen molar-refractivity contribution >= 4 is 53.1 Å². The molecule has 6 heteroatoms. The lowest BCUT2D eigenvalue weighted by atomic mass is 10.0. The second kappa shape index (κ2) is 10.8. The average molecular weight is 496 g/mol. The lowest BCUT2D eigenvalue weighted by Crippen LogP contribution is -2.32. The lowest BCUT2D eigenvalue weighted by Gasteiger charge is -2.28. The van der Waals surface area contributed by atoms with E-state index in [9.17, 15) is 0 Å². The monoisotopic (exact) mass is 496 g/mol. The first-order valence-electron chi connectivity index (χ1n) is 9.20. The van der Waals surface area contributed by atoms with Crippen molar-refractivity contribution in [3.63, 3.8) is 0 Å². The van der Waals surface area contributed by atoms with E-state index in [1.165, 1.54) is 28.3 Å². The number of nitrogens with zero attached hydrogens (tertiary/aromatic N) is 2. The molecule has 0 bridgehead atoms. The fraction of sp³-hybridized carbons (Fsp3) is 0.381. The van der Waals surface area contributed by atoms with Crippen molar-refractivity contribution < 1.29 is 0 Å². The van der Waals surface area contributed by atoms with Gasteiger partial charge in [-0.25, -0.2) is 4.99 Å². The highest BCUT2D eigenvalue weighted by Crippen LogP contribution is 2.20. The average Bonchev–Trinajstić information content (AvgIpc) is 2.68. The van der Waals surface area contributed by atoms with Gasteiger partial charge >= 0.3 is 0 Å². The summed E-state index contributed by atoms with van der Waals surface area (Å²) in [5.74, 6) is 3.37. The Morgan fingerprint density at radius 2 is 1.85 bits per heavy atom. The number of benzene rings is 2. The summed E-state index contributed by atoms with van der Waals surface area (Å²) in [6.07, 6.45) is 0. The number of rotatable bonds is 5. The molecule has 2 aromatic carbocycles. The Morgan fingerprint density at radius 1 is 1.15 bits per heavy atom. The Kier molecular flexibility index (Phi) is 8.76. The molecule has 0 aromatic heterocycles. The predicted octanol–water partition coefficient (Wildman–Crippen LogP) is 4.91. The molecule has 1 aliphatic rings. The second-order valence-corrected chi connectivity index (χ2v) is 8.10. The van der Waals surface area contributed by atoms with Crippen LogP contribution in [0.1, 0.15) is 30.9 Å². The number of anilines is 2. The Balaban J connectivity index is 0.00000261. The number of nitrogens with two attached hydrogens (primary N) is 1. The first-order valence-corrected chi connectivity index (χ1v) is 10.4. The van der Waals surface area contributed by atoms with Crippen LogP contribution in [0.3, 0.4) is 0 Å². The number of thioether (sulfide) groups is 1. The van der Waals surface area contributed by atoms with Crippen molar-refractivity contribution in [2.45, 2.75) is 26.3 Å². The van der Waals surface area contributed by atoms with Gasteiger partial charge in [0.25, 0.3) is 0 Å². The zero-order chi connectivity index (χ0) is 18.4. The van der Waals surface area contributed by atoms with Crippen LogP contribution >= 0.6 is 35.7 Å². The molecule has 1 fully saturated rings. The third-order valence-corrected chi connectivity index (χ3v) is 5.51. The van der Waals surface area contributed by atoms with Crippen LogP contribution in [0.2, 0.25) is 0 Å². The highest BCUT2D eigenvalue weighted by atomic mass is 127. The quantitative estimate of drug-likeness (QED) is 0.351. The van der Waals surface area contributed by atoms with Crippen molar-refractivity contribution in [3.8, 4) is 0 Å². The maximum atomic E-state index is 6.05. The van der Waals surface area contributed by atoms with Crippen LogP contribution in [-0.4, -0.2) is 30.6 Å². The molecular weight excluding hydrogens is 467 g/mol. The highest BCUT2D eigenvalue weighted by Gasteiger charge is 2.10. The first-order chi connectivity index (χ1) is 12.6. The standard InChI is InChI=1S/C21H28N4S.HI/c1-16(2)18-4-3-5-19(14-18)24-21(22)23-15-17-6-8-20(9-7-17)25-10-12-26-13-11-25;/h3-9,14,16H,10-13,15H2,1-2H3,(H3,22,23,24);1H. The Hall–Kier alpha value is -1.41. The summed E-state index contributed by atoms with van der Waals surface area (Å²) in [5, 5.41) is 3.19. The van der Waals surface area contributed by atoms with E-state index in [0.717, 1.165) is 18.8 Å². The van der Waals surface area contributed by atoms with Crippen LogP contribution in [0.25, 0.3) is 0 Å². The molecule has 0 spiro atoms. The third-order valence-electron chi connectivity index (χ3n) is 4.57. The van der Waals surface area contributed by atoms with Gasteiger partial charge in [-0.2, -0.15) is 11.8 Å². The van der Waals surface area contributed by atoms with Crippen molar-refractivity contribution in [3.05, 3.63) is 59.7 Å². The molecule has 146 valence electrons. The smallest absolute Gasteiger partial charge is 0.193 e. The normalized spacial score (nSPS) is 14.8. The summed E-state index contributed by atoms with van der Waals surface area (Å²) < 4.78 is 0. The molecule has 1 heterocycles. The zero-order valence-corrected chi connectivity index (χ0v) is 19.2. The minimum Gasteiger partial charge on any atom is -0.370 e. The molecule has 1 aliphatic heterocycles. The van der Waals surface area contributed by atoms with E-state index in [-0.39, 0.29) is 24.0 Å². The fourth-order valence-electron chi connectivity index (χ4n) is 2.97. The van der Waals surface area contributed by atoms with Gasteiger partial charge < -0.3 is 16.0 Å². The molecule has 0 unspecified atom stereocenters. The van der Waals surface area contributed by atoms with E-state index in [0.29, 0.717) is 18.4 Å². The van der Waals surface area contributed by atoms with Crippen molar-refractivity contribution in [1.29, 1.82) is 0 Å². The van der Waals surface area contributed by atoms with E-state index in [1.807, 2.05) is 23.9 Å². The summed E-state index contributed by atoms with van der Waals surface area (Å²) in [6, 6.07) is 17.0. The second-order valence-electron chi connectivity index (χ2n) is 6.87. The number of aliphatic imine (C=N–C) groups is 1. The van der Waals surface area contributed by atoms with Crippen LogP contribution in [0.4, 0.5) is 11.4 Å². The molecule has 1 saturated heterocycles. The summed E-state index contributed by atoms with van der Waals surface area (Å²) in [5.41, 5.74) is 10.8. The molecule has 3 N–H and O–H groups in total. The molecular formula is C21H29IN4S. The predicted molar refractivity (Wildman–Crippen MR) is 131 cm³/mol. The molecule has 0 amide bonds. The zero-order valence-electron chi connectivity index (χ0n) is 16.0. The molecule has 0 atom stereocenters. The van der Waals surface area contributed by atoms with E-state index in [1.54, 1.807) is 0 Å². The number of hydrogen-bond acceptors (Lipinski definition) is 3. The van der Waals surface area contributed by atoms with Gasteiger partial charge in [-0.3, -0.25) is 0 Å². The molecule has 0 aliphatic carbocycles. The summed E-state index contributed by atoms with van der Waals surface area (Å²) in [7, 11) is 0. The summed E-state index contributed by atoms with van der Waals surface area (Å²) in [4.78, 5) is 6.92. The third kappa shape index (κ3) is 6.60. The van der Waals surface area contributed by atoms with Crippen LogP contribution < -0.4 is 16.0 Å². The largest absolute Gasteiger partial charge is 0.370 e. The van der Waals surface area contributed by atoms with E-state index < -0.39 is 0 Å². The Morgan fingerprint density at radius 3 is 2.52 bits per heavy atom. The van der Waals surface area contributed by atoms with Crippen molar-refractivity contribution in [2.24, 2.45) is 10.7 Å². The van der Waals surface area contributed by atoms with E-state index in [2.05, 4.69) is 65.5 Å². The number of nitrogens with one attached hydrogen (secondary N) is 1. The molecule has 3 rings (SSSR count). The van der Waals surface area contributed by atoms with Gasteiger partial charge in [0.15, 0.2) is 5.96 Å². The maximum Gasteiger partial charge on any atom is 0.193 e. The Bertz CT molecular complexity index is 740. The highest BCUT2D eigenvalue weighted by molar-refractivity contribution is 14.0. The summed E-state index contributed by atoms with van der Waals surface area (Å²) in [6.45, 7) is 7.22. The van der Waals surface area contributed by atoms with Gasteiger partial charge in [0, 0.05) is 36.0 Å². The van der Waals surface area contributed by atoms with Gasteiger partial charge in [0.05, 0.1) is 6.54 Å². The van der Waals surface area contributed by atoms with Crippen LogP contribution in [0, 0.1) is 0 Å². The minimum atomic E-state index is 0. The van der Waals surface area contributed by atoms with Crippen LogP contribution in [0.15, 0.2) is 53.5 Å². The number of halogens is 1. The van der Waals surface area contributed by atoms with E-state index >= 15 is 0 Å². The molecule has 27 heavy (non-hydrogen) atoms. The number of guanidine groups is 1. The first kappa shape index (κ1) is 21.9. The Labute approximate surface area is 184 Å². The van der Waals surface area contributed by atoms with Crippen LogP contribution in [0.5, 0.6) is 0 Å². The molecule has 2 aromatic rings. The van der Waals surface area contributed by atoms with E-state index in [4.69, 9.17) is 5.73 Å². The SMILES string of the molecule is CC(C)c1cccc(NC(N)=NCc2ccc(N3CCSCC3)cc2)c1.I. The topological polar surface area (TPSA) is 53.6 Å². The molecule has 0 radical (unpaired) electrons. The maximum absolute atomic E-state index is 6.05. The van der Waals surface area contributed by atoms with Crippen molar-refractivity contribution in [1.82, 2.24) is 0 Å². The molecule has 0 saturated carbocycles. The van der Waals surface area contributed by atoms with Gasteiger partial charge in [-0.1, -0.05) is 38.1 Å². The molecule has 4 nitrogen and oxygen atoms in total. The number of hydrogen-bond donors (Lipinski definition) is 2. The summed E-state index contributed by atoms with van der Waals surface area (Å²) >= 11 is 2.03.